The Bertz CT molecular complexity index is 271. The Morgan fingerprint density at radius 2 is 1.92 bits per heavy atom. The first-order valence-corrected chi connectivity index (χ1v) is 4.60. The van der Waals surface area contributed by atoms with Crippen LogP contribution in [0.15, 0.2) is 6.07 Å². The van der Waals surface area contributed by atoms with Gasteiger partial charge in [-0.1, -0.05) is 25.4 Å². The highest BCUT2D eigenvalue weighted by atomic mass is 35.5. The highest BCUT2D eigenvalue weighted by Gasteiger charge is 2.07. The predicted molar refractivity (Wildman–Crippen MR) is 55.5 cm³/mol. The van der Waals surface area contributed by atoms with Gasteiger partial charge in [-0.15, -0.1) is 0 Å². The summed E-state index contributed by atoms with van der Waals surface area (Å²) in [5.41, 5.74) is 0.976. The molecule has 72 valence electrons. The quantitative estimate of drug-likeness (QED) is 0.685. The van der Waals surface area contributed by atoms with E-state index in [9.17, 15) is 0 Å². The smallest absolute Gasteiger partial charge is 0.226 e. The van der Waals surface area contributed by atoms with E-state index in [1.807, 2.05) is 19.0 Å². The molecule has 0 radical (unpaired) electrons. The third kappa shape index (κ3) is 2.56. The summed E-state index contributed by atoms with van der Waals surface area (Å²) in [4.78, 5) is 10.3. The highest BCUT2D eigenvalue weighted by molar-refractivity contribution is 6.29. The molecule has 1 aromatic heterocycles. The van der Waals surface area contributed by atoms with Gasteiger partial charge >= 0.3 is 0 Å². The summed E-state index contributed by atoms with van der Waals surface area (Å²) in [6, 6.07) is 1.80. The lowest BCUT2D eigenvalue weighted by Crippen LogP contribution is -2.14. The molecule has 0 unspecified atom stereocenters. The van der Waals surface area contributed by atoms with Crippen molar-refractivity contribution in [3.63, 3.8) is 0 Å². The van der Waals surface area contributed by atoms with Crippen LogP contribution >= 0.6 is 11.6 Å². The Morgan fingerprint density at radius 3 is 2.38 bits per heavy atom. The summed E-state index contributed by atoms with van der Waals surface area (Å²) in [5, 5.41) is 0.502. The first-order chi connectivity index (χ1) is 6.00. The van der Waals surface area contributed by atoms with Crippen LogP contribution in [-0.4, -0.2) is 24.1 Å². The average molecular weight is 200 g/mol. The monoisotopic (exact) mass is 199 g/mol. The van der Waals surface area contributed by atoms with E-state index in [-0.39, 0.29) is 0 Å². The van der Waals surface area contributed by atoms with Crippen LogP contribution < -0.4 is 4.90 Å². The number of nitrogens with zero attached hydrogens (tertiary/aromatic N) is 3. The Labute approximate surface area is 83.8 Å². The lowest BCUT2D eigenvalue weighted by molar-refractivity contribution is 0.806. The van der Waals surface area contributed by atoms with E-state index in [0.717, 1.165) is 5.69 Å². The average Bonchev–Trinajstić information content (AvgIpc) is 2.03. The van der Waals surface area contributed by atoms with Gasteiger partial charge in [0.2, 0.25) is 5.95 Å². The van der Waals surface area contributed by atoms with Crippen molar-refractivity contribution in [3.05, 3.63) is 16.9 Å². The van der Waals surface area contributed by atoms with Crippen molar-refractivity contribution in [3.8, 4) is 0 Å². The molecule has 1 aromatic rings. The molecular weight excluding hydrogens is 186 g/mol. The first-order valence-electron chi connectivity index (χ1n) is 4.22. The predicted octanol–water partition coefficient (Wildman–Crippen LogP) is 2.32. The molecule has 0 saturated carbocycles. The zero-order chi connectivity index (χ0) is 10.0. The van der Waals surface area contributed by atoms with E-state index in [0.29, 0.717) is 17.0 Å². The van der Waals surface area contributed by atoms with Crippen molar-refractivity contribution in [2.75, 3.05) is 19.0 Å². The van der Waals surface area contributed by atoms with Crippen LogP contribution in [-0.2, 0) is 0 Å². The van der Waals surface area contributed by atoms with Gasteiger partial charge < -0.3 is 4.90 Å². The fraction of sp³-hybridized carbons (Fsp3) is 0.556. The third-order valence-corrected chi connectivity index (χ3v) is 1.89. The lowest BCUT2D eigenvalue weighted by atomic mass is 10.1. The van der Waals surface area contributed by atoms with Gasteiger partial charge in [-0.2, -0.15) is 0 Å². The summed E-state index contributed by atoms with van der Waals surface area (Å²) < 4.78 is 0. The second-order valence-corrected chi connectivity index (χ2v) is 3.85. The minimum Gasteiger partial charge on any atom is -0.347 e. The van der Waals surface area contributed by atoms with E-state index in [1.54, 1.807) is 6.07 Å². The molecular formula is C9H14ClN3. The van der Waals surface area contributed by atoms with Crippen molar-refractivity contribution in [1.82, 2.24) is 9.97 Å². The van der Waals surface area contributed by atoms with Crippen molar-refractivity contribution in [2.24, 2.45) is 0 Å². The molecule has 3 nitrogen and oxygen atoms in total. The van der Waals surface area contributed by atoms with Gasteiger partial charge in [0.25, 0.3) is 0 Å². The number of anilines is 1. The summed E-state index contributed by atoms with van der Waals surface area (Å²) >= 11 is 5.86. The molecule has 0 aliphatic heterocycles. The molecule has 0 N–H and O–H groups in total. The van der Waals surface area contributed by atoms with Gasteiger partial charge in [-0.3, -0.25) is 0 Å². The largest absolute Gasteiger partial charge is 0.347 e. The van der Waals surface area contributed by atoms with Gasteiger partial charge in [-0.05, 0) is 12.0 Å². The molecule has 1 rings (SSSR count). The van der Waals surface area contributed by atoms with E-state index >= 15 is 0 Å². The standard InChI is InChI=1S/C9H14ClN3/c1-6(2)7-5-8(10)12-9(11-7)13(3)4/h5-6H,1-4H3. The normalized spacial score (nSPS) is 10.6. The van der Waals surface area contributed by atoms with Crippen LogP contribution in [0.5, 0.6) is 0 Å². The summed E-state index contributed by atoms with van der Waals surface area (Å²) in [6.45, 7) is 4.16. The Balaban J connectivity index is 3.11. The number of halogens is 1. The molecule has 0 fully saturated rings. The van der Waals surface area contributed by atoms with Crippen molar-refractivity contribution in [2.45, 2.75) is 19.8 Å². The zero-order valence-corrected chi connectivity index (χ0v) is 9.13. The van der Waals surface area contributed by atoms with Crippen LogP contribution in [0.2, 0.25) is 5.15 Å². The molecule has 0 aliphatic rings. The van der Waals surface area contributed by atoms with Crippen molar-refractivity contribution < 1.29 is 0 Å². The van der Waals surface area contributed by atoms with Crippen LogP contribution in [0.1, 0.15) is 25.5 Å². The number of hydrogen-bond acceptors (Lipinski definition) is 3. The number of aromatic nitrogens is 2. The molecule has 13 heavy (non-hydrogen) atoms. The van der Waals surface area contributed by atoms with E-state index < -0.39 is 0 Å². The van der Waals surface area contributed by atoms with Gasteiger partial charge in [0.1, 0.15) is 5.15 Å². The van der Waals surface area contributed by atoms with Gasteiger partial charge in [-0.25, -0.2) is 9.97 Å². The zero-order valence-electron chi connectivity index (χ0n) is 8.37. The molecule has 1 heterocycles. The summed E-state index contributed by atoms with van der Waals surface area (Å²) in [7, 11) is 3.80. The van der Waals surface area contributed by atoms with Crippen LogP contribution in [0, 0.1) is 0 Å². The maximum atomic E-state index is 5.86. The third-order valence-electron chi connectivity index (χ3n) is 1.69. The SMILES string of the molecule is CC(C)c1cc(Cl)nc(N(C)C)n1. The fourth-order valence-corrected chi connectivity index (χ4v) is 1.11. The molecule has 0 aliphatic carbocycles. The maximum Gasteiger partial charge on any atom is 0.226 e. The van der Waals surface area contributed by atoms with E-state index in [2.05, 4.69) is 23.8 Å². The topological polar surface area (TPSA) is 29.0 Å². The molecule has 0 bridgehead atoms. The first kappa shape index (κ1) is 10.3. The molecule has 4 heteroatoms. The second-order valence-electron chi connectivity index (χ2n) is 3.46. The number of rotatable bonds is 2. The maximum absolute atomic E-state index is 5.86. The van der Waals surface area contributed by atoms with Crippen molar-refractivity contribution >= 4 is 17.5 Å². The lowest BCUT2D eigenvalue weighted by Gasteiger charge is -2.12. The molecule has 0 spiro atoms. The highest BCUT2D eigenvalue weighted by Crippen LogP contribution is 2.18. The summed E-state index contributed by atoms with van der Waals surface area (Å²) in [5.74, 6) is 1.04. The van der Waals surface area contributed by atoms with Crippen LogP contribution in [0.3, 0.4) is 0 Å². The Hall–Kier alpha value is -0.830. The minimum atomic E-state index is 0.374. The molecule has 0 atom stereocenters. The van der Waals surface area contributed by atoms with E-state index in [4.69, 9.17) is 11.6 Å². The van der Waals surface area contributed by atoms with Crippen molar-refractivity contribution in [1.29, 1.82) is 0 Å². The molecule has 0 amide bonds. The van der Waals surface area contributed by atoms with E-state index in [1.165, 1.54) is 0 Å². The Morgan fingerprint density at radius 1 is 1.31 bits per heavy atom. The summed E-state index contributed by atoms with van der Waals surface area (Å²) in [6.07, 6.45) is 0. The fourth-order valence-electron chi connectivity index (χ4n) is 0.918. The number of hydrogen-bond donors (Lipinski definition) is 0. The molecule has 0 saturated heterocycles. The van der Waals surface area contributed by atoms with Gasteiger partial charge in [0.05, 0.1) is 5.69 Å². The van der Waals surface area contributed by atoms with Crippen LogP contribution in [0.25, 0.3) is 0 Å². The minimum absolute atomic E-state index is 0.374. The second kappa shape index (κ2) is 3.92. The molecule has 0 aromatic carbocycles. The Kier molecular flexibility index (Phi) is 3.09. The van der Waals surface area contributed by atoms with Crippen LogP contribution in [0.4, 0.5) is 5.95 Å². The van der Waals surface area contributed by atoms with Gasteiger partial charge in [0, 0.05) is 14.1 Å². The van der Waals surface area contributed by atoms with Gasteiger partial charge in [0.15, 0.2) is 0 Å².